The molecule has 15 heterocycles. The molecule has 11 aromatic heterocycles. The third-order valence-corrected chi connectivity index (χ3v) is 22.1. The third kappa shape index (κ3) is 19.1. The van der Waals surface area contributed by atoms with Crippen molar-refractivity contribution in [1.29, 1.82) is 0 Å². The predicted molar refractivity (Wildman–Crippen MR) is 507 cm³/mol. The van der Waals surface area contributed by atoms with Gasteiger partial charge in [0, 0.05) is 204 Å². The lowest BCUT2D eigenvalue weighted by atomic mass is 9.99. The molecular formula is C94H96N32O8. The number of anilines is 16. The van der Waals surface area contributed by atoms with Crippen LogP contribution in [-0.2, 0) is 46.1 Å². The predicted octanol–water partition coefficient (Wildman–Crippen LogP) is 13.7. The lowest BCUT2D eigenvalue weighted by molar-refractivity contribution is -0.117. The maximum absolute atomic E-state index is 12.8. The SMILES string of the molecule is CNC(=O)c1nnc(NC(=O)C2CC2)cc1Nc1cccc2c1OC(C)c1cn(C)nc1-2.CNC(=O)c1nnc(Nc2ccc(C)cn2)cc1Nc1cccc2c1N(C)Cc1cn(C)nc1-2.CNC(=O)c1nnc(Nc2ccc(C)cn2)cc1Nc1cccc2c1OC(C)c1cn(C)nc1-2.[2H]C([2H])([2H])NC(=O)c1cnc(Nc2cc(C)nc(C)n2)cc1Nc1cccc2c1OCc1cn(C)nc1-2. The van der Waals surface area contributed by atoms with E-state index < -0.39 is 18.8 Å². The highest BCUT2D eigenvalue weighted by atomic mass is 16.5. The van der Waals surface area contributed by atoms with Crippen molar-refractivity contribution >= 4 is 121 Å². The summed E-state index contributed by atoms with van der Waals surface area (Å²) in [5, 5.41) is 78.4. The second-order valence-electron chi connectivity index (χ2n) is 32.3. The largest absolute Gasteiger partial charge is 0.486 e. The molecule has 1 fully saturated rings. The summed E-state index contributed by atoms with van der Waals surface area (Å²) in [5.74, 6) is 3.89. The first-order valence-electron chi connectivity index (χ1n) is 44.2. The van der Waals surface area contributed by atoms with E-state index in [4.69, 9.17) is 18.3 Å². The molecule has 40 heteroatoms. The number of benzene rings is 4. The van der Waals surface area contributed by atoms with E-state index in [-0.39, 0.29) is 64.3 Å². The summed E-state index contributed by atoms with van der Waals surface area (Å²) in [5.41, 5.74) is 20.2. The van der Waals surface area contributed by atoms with Crippen LogP contribution >= 0.6 is 0 Å². The van der Waals surface area contributed by atoms with Gasteiger partial charge in [-0.1, -0.05) is 42.5 Å². The zero-order chi connectivity index (χ0) is 96.4. The minimum atomic E-state index is -2.66. The van der Waals surface area contributed by atoms with E-state index in [9.17, 15) is 24.0 Å². The Bertz CT molecular complexity index is 7180. The van der Waals surface area contributed by atoms with E-state index in [0.29, 0.717) is 104 Å². The molecule has 0 spiro atoms. The summed E-state index contributed by atoms with van der Waals surface area (Å²) in [6.07, 6.45) is 14.1. The van der Waals surface area contributed by atoms with Crippen LogP contribution in [0.3, 0.4) is 0 Å². The van der Waals surface area contributed by atoms with Crippen molar-refractivity contribution in [2.45, 2.75) is 79.7 Å². The number of nitrogens with one attached hydrogen (secondary N) is 12. The second-order valence-corrected chi connectivity index (χ2v) is 32.3. The maximum atomic E-state index is 12.8. The first kappa shape index (κ1) is 84.8. The molecule has 20 rings (SSSR count). The smallest absolute Gasteiger partial charge is 0.273 e. The van der Waals surface area contributed by atoms with Gasteiger partial charge in [0.1, 0.15) is 65.0 Å². The summed E-state index contributed by atoms with van der Waals surface area (Å²) >= 11 is 0. The third-order valence-electron chi connectivity index (χ3n) is 22.1. The number of hydrogen-bond donors (Lipinski definition) is 12. The Morgan fingerprint density at radius 1 is 0.410 bits per heavy atom. The minimum absolute atomic E-state index is 0.0235. The van der Waals surface area contributed by atoms with Gasteiger partial charge in [0.05, 0.1) is 62.4 Å². The van der Waals surface area contributed by atoms with Gasteiger partial charge in [-0.25, -0.2) is 24.9 Å². The van der Waals surface area contributed by atoms with Gasteiger partial charge in [-0.3, -0.25) is 42.7 Å². The Kier molecular flexibility index (Phi) is 23.9. The lowest BCUT2D eigenvalue weighted by Crippen LogP contribution is -2.23. The van der Waals surface area contributed by atoms with E-state index in [0.717, 1.165) is 109 Å². The fourth-order valence-electron chi connectivity index (χ4n) is 15.7. The molecule has 5 amide bonds. The number of hydrogen-bond acceptors (Lipinski definition) is 31. The Hall–Kier alpha value is -17.4. The highest BCUT2D eigenvalue weighted by Gasteiger charge is 2.35. The normalized spacial score (nSPS) is 13.9. The number of carbonyl (C=O) groups excluding carboxylic acids is 5. The fraction of sp³-hybridized carbons (Fsp3) is 0.234. The van der Waals surface area contributed by atoms with Gasteiger partial charge in [-0.05, 0) is 120 Å². The molecule has 2 unspecified atom stereocenters. The van der Waals surface area contributed by atoms with Gasteiger partial charge in [0.2, 0.25) is 5.91 Å². The number of amides is 5. The van der Waals surface area contributed by atoms with Crippen molar-refractivity contribution < 1.29 is 42.3 Å². The van der Waals surface area contributed by atoms with Gasteiger partial charge in [-0.15, -0.1) is 30.6 Å². The van der Waals surface area contributed by atoms with Crippen LogP contribution < -0.4 is 82.9 Å². The first-order chi connectivity index (χ1) is 65.8. The van der Waals surface area contributed by atoms with Gasteiger partial charge >= 0.3 is 0 Å². The van der Waals surface area contributed by atoms with Crippen molar-refractivity contribution in [3.8, 4) is 62.3 Å². The average molecular weight is 1810 g/mol. The Morgan fingerprint density at radius 3 is 1.36 bits per heavy atom. The zero-order valence-electron chi connectivity index (χ0n) is 78.4. The summed E-state index contributed by atoms with van der Waals surface area (Å²) in [4.78, 5) is 86.3. The molecule has 4 aromatic carbocycles. The molecule has 1 saturated carbocycles. The number of fused-ring (bicyclic) bond motifs is 12. The number of ether oxygens (including phenoxy) is 3. The number of rotatable bonds is 20. The maximum Gasteiger partial charge on any atom is 0.273 e. The number of aromatic nitrogens is 19. The molecule has 4 aliphatic heterocycles. The molecular weight excluding hydrogens is 1710 g/mol. The van der Waals surface area contributed by atoms with Gasteiger partial charge < -0.3 is 82.9 Å². The molecule has 0 saturated heterocycles. The van der Waals surface area contributed by atoms with E-state index in [1.165, 1.54) is 18.8 Å². The van der Waals surface area contributed by atoms with Crippen LogP contribution in [0.4, 0.5) is 91.9 Å². The number of aryl methyl sites for hydroxylation is 8. The van der Waals surface area contributed by atoms with Crippen molar-refractivity contribution in [1.82, 2.24) is 116 Å². The molecule has 0 bridgehead atoms. The van der Waals surface area contributed by atoms with Crippen LogP contribution in [0.2, 0.25) is 0 Å². The van der Waals surface area contributed by atoms with Crippen LogP contribution in [0, 0.1) is 33.6 Å². The molecule has 680 valence electrons. The summed E-state index contributed by atoms with van der Waals surface area (Å²) in [6.45, 7) is 9.95. The topological polar surface area (TPSA) is 474 Å². The Morgan fingerprint density at radius 2 is 0.851 bits per heavy atom. The molecule has 134 heavy (non-hydrogen) atoms. The monoisotopic (exact) mass is 1800 g/mol. The molecule has 2 atom stereocenters. The van der Waals surface area contributed by atoms with Crippen LogP contribution in [0.1, 0.15) is 130 Å². The van der Waals surface area contributed by atoms with Crippen molar-refractivity contribution in [3.63, 3.8) is 0 Å². The first-order valence-corrected chi connectivity index (χ1v) is 42.7. The fourth-order valence-corrected chi connectivity index (χ4v) is 15.7. The van der Waals surface area contributed by atoms with Crippen LogP contribution in [0.15, 0.2) is 171 Å². The summed E-state index contributed by atoms with van der Waals surface area (Å²) in [6, 6.07) is 39.1. The van der Waals surface area contributed by atoms with Crippen LogP contribution in [-0.4, -0.2) is 159 Å². The number of pyridine rings is 3. The van der Waals surface area contributed by atoms with Crippen molar-refractivity contribution in [2.24, 2.45) is 34.1 Å². The minimum Gasteiger partial charge on any atom is -0.486 e. The van der Waals surface area contributed by atoms with Crippen molar-refractivity contribution in [3.05, 3.63) is 238 Å². The second kappa shape index (κ2) is 37.8. The number of para-hydroxylation sites is 4. The van der Waals surface area contributed by atoms with Gasteiger partial charge in [-0.2, -0.15) is 20.4 Å². The molecule has 5 aliphatic rings. The van der Waals surface area contributed by atoms with E-state index >= 15 is 0 Å². The quantitative estimate of drug-likeness (QED) is 0.0337. The average Bonchev–Trinajstić information content (AvgIpc) is 1.75. The van der Waals surface area contributed by atoms with Gasteiger partial charge in [0.15, 0.2) is 51.8 Å². The summed E-state index contributed by atoms with van der Waals surface area (Å²) in [7, 11) is 14.2. The van der Waals surface area contributed by atoms with Crippen LogP contribution in [0.25, 0.3) is 45.0 Å². The number of nitrogens with zero attached hydrogens (tertiary/aromatic N) is 20. The molecule has 1 aliphatic carbocycles. The molecule has 12 N–H and O–H groups in total. The van der Waals surface area contributed by atoms with Crippen LogP contribution in [0.5, 0.6) is 17.2 Å². The van der Waals surface area contributed by atoms with E-state index in [2.05, 4.69) is 145 Å². The highest BCUT2D eigenvalue weighted by molar-refractivity contribution is 6.04. The lowest BCUT2D eigenvalue weighted by Gasteiger charge is -2.29. The molecule has 0 radical (unpaired) electrons. The highest BCUT2D eigenvalue weighted by Crippen LogP contribution is 2.50. The summed E-state index contributed by atoms with van der Waals surface area (Å²) < 4.78 is 47.9. The zero-order valence-corrected chi connectivity index (χ0v) is 75.4. The van der Waals surface area contributed by atoms with Gasteiger partial charge in [0.25, 0.3) is 23.6 Å². The van der Waals surface area contributed by atoms with E-state index in [1.807, 2.05) is 196 Å². The Labute approximate surface area is 773 Å². The standard InChI is InChI=1S/C24H25N9O.2C24H24N8O2.C22H23N7O3/c1-14-8-9-19(26-11-14)28-20-10-18(22(30-29-20)24(34)25-2)27-17-7-5-6-16-21-15(13-33(4)31-21)12-32(3)23(16)17;1-13-8-21(28-14(2)27-13)30-20-9-19(17(10-26-20)24(33)25-3)29-18-7-5-6-16-22-15(11-32(4)31-22)12-34-23(16)18;1-13-8-9-19(26-11-13)28-20-10-18(22(30-29-20)24(33)25-3)27-17-7-5-6-15-21-16(12-32(4)31-21)14(2)34-23(15)17;1-11-14-10-29(3)28-18(14)13-5-4-6-15(20(13)32-11)24-16-9-17(25-21(30)12-7-8-12)26-27-19(16)22(31)23-2/h5-11,13H,12H2,1-4H3,(H,25,34)(H2,26,27,28,29);5-11H,12H2,1-4H3,(H,25,33)(H2,26,27,28,29,30);5-12,14H,1-4H3,(H,25,33)(H2,26,27,28,29);4-6,9-12H,7-8H2,1-3H3,(H,23,31)(H2,24,25,26,30)/i;3D3;;. The molecule has 40 nitrogen and oxygen atoms in total. The van der Waals surface area contributed by atoms with E-state index in [1.54, 1.807) is 77.8 Å². The Balaban J connectivity index is 0.000000127. The number of carbonyl (C=O) groups is 5. The molecule has 15 aromatic rings. The van der Waals surface area contributed by atoms with Crippen molar-refractivity contribution in [2.75, 3.05) is 82.6 Å².